The largest absolute Gasteiger partial charge is 0.507 e. The molecule has 1 N–H and O–H groups in total. The van der Waals surface area contributed by atoms with Gasteiger partial charge in [0.15, 0.2) is 0 Å². The lowest BCUT2D eigenvalue weighted by atomic mass is 10.1. The molecule has 0 unspecified atom stereocenters. The van der Waals surface area contributed by atoms with E-state index in [1.165, 1.54) is 12.1 Å². The molecule has 1 aromatic carbocycles. The van der Waals surface area contributed by atoms with Crippen molar-refractivity contribution in [3.63, 3.8) is 0 Å². The van der Waals surface area contributed by atoms with Crippen molar-refractivity contribution in [3.8, 4) is 5.75 Å². The molecule has 0 aromatic heterocycles. The molecule has 0 radical (unpaired) electrons. The minimum atomic E-state index is -3.85. The van der Waals surface area contributed by atoms with Crippen LogP contribution in [0.5, 0.6) is 5.75 Å². The molecular weight excluding hydrogens is 212 g/mol. The maximum Gasteiger partial charge on any atom is 0.264 e. The van der Waals surface area contributed by atoms with Crippen LogP contribution in [0, 0.1) is 13.8 Å². The third-order valence-corrected chi connectivity index (χ3v) is 3.19. The second-order valence-corrected chi connectivity index (χ2v) is 5.38. The summed E-state index contributed by atoms with van der Waals surface area (Å²) < 4.78 is 21.8. The van der Waals surface area contributed by atoms with Crippen molar-refractivity contribution in [1.29, 1.82) is 0 Å². The number of phenols is 1. The molecule has 0 bridgehead atoms. The number of aromatic hydroxyl groups is 1. The molecule has 0 aliphatic heterocycles. The van der Waals surface area contributed by atoms with Crippen LogP contribution in [0.25, 0.3) is 0 Å². The summed E-state index contributed by atoms with van der Waals surface area (Å²) in [6, 6.07) is 2.73. The highest BCUT2D eigenvalue weighted by Gasteiger charge is 2.16. The first-order valence-corrected chi connectivity index (χ1v) is 5.88. The highest BCUT2D eigenvalue weighted by Crippen LogP contribution is 2.28. The van der Waals surface area contributed by atoms with E-state index in [0.717, 1.165) is 11.1 Å². The van der Waals surface area contributed by atoms with Gasteiger partial charge in [-0.1, -0.05) is 0 Å². The normalized spacial score (nSPS) is 11.6. The average Bonchev–Trinajstić information content (AvgIpc) is 1.94. The summed E-state index contributed by atoms with van der Waals surface area (Å²) in [5, 5.41) is 9.29. The SMILES string of the molecule is Cc1cc(O)c(S(=O)(=O)Cl)cc1C. The van der Waals surface area contributed by atoms with Crippen molar-refractivity contribution in [1.82, 2.24) is 0 Å². The van der Waals surface area contributed by atoms with Crippen molar-refractivity contribution < 1.29 is 13.5 Å². The van der Waals surface area contributed by atoms with Gasteiger partial charge in [-0.15, -0.1) is 0 Å². The number of benzene rings is 1. The zero-order valence-electron chi connectivity index (χ0n) is 7.20. The quantitative estimate of drug-likeness (QED) is 0.736. The smallest absolute Gasteiger partial charge is 0.264 e. The third kappa shape index (κ3) is 2.14. The van der Waals surface area contributed by atoms with Crippen LogP contribution in [0.2, 0.25) is 0 Å². The fourth-order valence-corrected chi connectivity index (χ4v) is 1.97. The highest BCUT2D eigenvalue weighted by molar-refractivity contribution is 8.13. The molecule has 13 heavy (non-hydrogen) atoms. The summed E-state index contributed by atoms with van der Waals surface area (Å²) in [4.78, 5) is -0.239. The summed E-state index contributed by atoms with van der Waals surface area (Å²) in [6.45, 7) is 3.53. The van der Waals surface area contributed by atoms with Gasteiger partial charge < -0.3 is 5.11 Å². The molecule has 0 saturated carbocycles. The first-order chi connectivity index (χ1) is 5.82. The number of halogens is 1. The monoisotopic (exact) mass is 220 g/mol. The van der Waals surface area contributed by atoms with Gasteiger partial charge in [0, 0.05) is 10.7 Å². The van der Waals surface area contributed by atoms with E-state index < -0.39 is 9.05 Å². The van der Waals surface area contributed by atoms with Crippen LogP contribution in [0.4, 0.5) is 0 Å². The van der Waals surface area contributed by atoms with Crippen LogP contribution in [-0.2, 0) is 9.05 Å². The van der Waals surface area contributed by atoms with E-state index in [2.05, 4.69) is 0 Å². The number of rotatable bonds is 1. The topological polar surface area (TPSA) is 54.4 Å². The van der Waals surface area contributed by atoms with Gasteiger partial charge in [-0.05, 0) is 37.1 Å². The maximum atomic E-state index is 10.9. The summed E-state index contributed by atoms with van der Waals surface area (Å²) in [7, 11) is 1.25. The maximum absolute atomic E-state index is 10.9. The average molecular weight is 221 g/mol. The van der Waals surface area contributed by atoms with E-state index in [9.17, 15) is 13.5 Å². The molecule has 1 rings (SSSR count). The highest BCUT2D eigenvalue weighted by atomic mass is 35.7. The van der Waals surface area contributed by atoms with Crippen molar-refractivity contribution >= 4 is 19.7 Å². The second-order valence-electron chi connectivity index (χ2n) is 2.84. The zero-order valence-corrected chi connectivity index (χ0v) is 8.78. The predicted molar refractivity (Wildman–Crippen MR) is 50.6 cm³/mol. The molecule has 0 aliphatic rings. The molecule has 0 spiro atoms. The van der Waals surface area contributed by atoms with Crippen LogP contribution in [0.1, 0.15) is 11.1 Å². The Balaban J connectivity index is 3.50. The summed E-state index contributed by atoms with van der Waals surface area (Å²) in [5.74, 6) is -0.307. The van der Waals surface area contributed by atoms with E-state index in [1.807, 2.05) is 0 Å². The molecular formula is C8H9ClO3S. The summed E-state index contributed by atoms with van der Waals surface area (Å²) >= 11 is 0. The van der Waals surface area contributed by atoms with Gasteiger partial charge in [0.25, 0.3) is 9.05 Å². The lowest BCUT2D eigenvalue weighted by Crippen LogP contribution is -1.93. The molecule has 1 aromatic rings. The van der Waals surface area contributed by atoms with Gasteiger partial charge in [-0.2, -0.15) is 0 Å². The fourth-order valence-electron chi connectivity index (χ4n) is 0.970. The molecule has 0 aliphatic carbocycles. The Kier molecular flexibility index (Phi) is 2.54. The Hall–Kier alpha value is -0.740. The van der Waals surface area contributed by atoms with Crippen LogP contribution < -0.4 is 0 Å². The zero-order chi connectivity index (χ0) is 10.2. The minimum absolute atomic E-state index is 0.239. The Labute approximate surface area is 81.4 Å². The van der Waals surface area contributed by atoms with Crippen LogP contribution in [-0.4, -0.2) is 13.5 Å². The Morgan fingerprint density at radius 1 is 1.23 bits per heavy atom. The standard InChI is InChI=1S/C8H9ClO3S/c1-5-3-7(10)8(4-6(5)2)13(9,11)12/h3-4,10H,1-2H3. The summed E-state index contributed by atoms with van der Waals surface area (Å²) in [6.07, 6.45) is 0. The van der Waals surface area contributed by atoms with Gasteiger partial charge in [0.1, 0.15) is 10.6 Å². The number of hydrogen-bond acceptors (Lipinski definition) is 3. The summed E-state index contributed by atoms with van der Waals surface area (Å²) in [5.41, 5.74) is 1.60. The van der Waals surface area contributed by atoms with E-state index in [4.69, 9.17) is 10.7 Å². The molecule has 72 valence electrons. The number of aryl methyl sites for hydroxylation is 2. The number of hydrogen-bond donors (Lipinski definition) is 1. The Bertz CT molecular complexity index is 437. The van der Waals surface area contributed by atoms with E-state index in [-0.39, 0.29) is 10.6 Å². The van der Waals surface area contributed by atoms with Crippen LogP contribution in [0.3, 0.4) is 0 Å². The van der Waals surface area contributed by atoms with E-state index in [0.29, 0.717) is 0 Å². The Morgan fingerprint density at radius 3 is 2.15 bits per heavy atom. The lowest BCUT2D eigenvalue weighted by Gasteiger charge is -2.04. The Morgan fingerprint density at radius 2 is 1.69 bits per heavy atom. The van der Waals surface area contributed by atoms with Gasteiger partial charge in [0.05, 0.1) is 0 Å². The van der Waals surface area contributed by atoms with E-state index >= 15 is 0 Å². The molecule has 0 atom stereocenters. The first-order valence-electron chi connectivity index (χ1n) is 3.57. The third-order valence-electron chi connectivity index (χ3n) is 1.84. The van der Waals surface area contributed by atoms with E-state index in [1.54, 1.807) is 13.8 Å². The first kappa shape index (κ1) is 10.3. The van der Waals surface area contributed by atoms with Crippen molar-refractivity contribution in [2.24, 2.45) is 0 Å². The minimum Gasteiger partial charge on any atom is -0.507 e. The van der Waals surface area contributed by atoms with Crippen molar-refractivity contribution in [2.45, 2.75) is 18.7 Å². The van der Waals surface area contributed by atoms with Gasteiger partial charge in [-0.25, -0.2) is 8.42 Å². The lowest BCUT2D eigenvalue weighted by molar-refractivity contribution is 0.459. The molecule has 0 amide bonds. The van der Waals surface area contributed by atoms with Gasteiger partial charge in [-0.3, -0.25) is 0 Å². The second kappa shape index (κ2) is 3.20. The molecule has 5 heteroatoms. The molecule has 0 heterocycles. The fraction of sp³-hybridized carbons (Fsp3) is 0.250. The molecule has 0 fully saturated rings. The van der Waals surface area contributed by atoms with Crippen LogP contribution in [0.15, 0.2) is 17.0 Å². The van der Waals surface area contributed by atoms with Gasteiger partial charge in [0.2, 0.25) is 0 Å². The molecule has 0 saturated heterocycles. The van der Waals surface area contributed by atoms with Crippen molar-refractivity contribution in [3.05, 3.63) is 23.3 Å². The number of phenolic OH excluding ortho intramolecular Hbond substituents is 1. The molecule has 3 nitrogen and oxygen atoms in total. The van der Waals surface area contributed by atoms with Gasteiger partial charge >= 0.3 is 0 Å². The van der Waals surface area contributed by atoms with Crippen LogP contribution >= 0.6 is 10.7 Å². The predicted octanol–water partition coefficient (Wildman–Crippen LogP) is 1.94. The van der Waals surface area contributed by atoms with Crippen molar-refractivity contribution in [2.75, 3.05) is 0 Å².